The van der Waals surface area contributed by atoms with Crippen LogP contribution in [0, 0.1) is 0 Å². The average Bonchev–Trinajstić information content (AvgIpc) is 3.10. The maximum Gasteiger partial charge on any atom is 0.157 e. The third-order valence-electron chi connectivity index (χ3n) is 4.92. The second-order valence-electron chi connectivity index (χ2n) is 7.63. The van der Waals surface area contributed by atoms with Crippen molar-refractivity contribution in [2.24, 2.45) is 0 Å². The molecule has 3 aromatic heterocycles. The Balaban J connectivity index is 1.72. The van der Waals surface area contributed by atoms with Crippen LogP contribution in [0.3, 0.4) is 0 Å². The number of ether oxygens (including phenoxy) is 1. The monoisotopic (exact) mass is 382 g/mol. The Morgan fingerprint density at radius 1 is 1.36 bits per heavy atom. The summed E-state index contributed by atoms with van der Waals surface area (Å²) in [6.07, 6.45) is 4.03. The first-order valence-electron chi connectivity index (χ1n) is 9.56. The van der Waals surface area contributed by atoms with Crippen LogP contribution in [-0.4, -0.2) is 50.9 Å². The predicted molar refractivity (Wildman–Crippen MR) is 108 cm³/mol. The summed E-state index contributed by atoms with van der Waals surface area (Å²) in [5, 5.41) is 22.0. The smallest absolute Gasteiger partial charge is 0.157 e. The lowest BCUT2D eigenvalue weighted by atomic mass is 10.0. The van der Waals surface area contributed by atoms with E-state index < -0.39 is 5.60 Å². The summed E-state index contributed by atoms with van der Waals surface area (Å²) in [5.74, 6) is 1.34. The molecule has 0 spiro atoms. The van der Waals surface area contributed by atoms with Crippen LogP contribution in [0.1, 0.15) is 32.4 Å². The predicted octanol–water partition coefficient (Wildman–Crippen LogP) is 2.19. The van der Waals surface area contributed by atoms with Crippen molar-refractivity contribution in [2.75, 3.05) is 25.5 Å². The second kappa shape index (κ2) is 7.37. The number of pyridine rings is 1. The van der Waals surface area contributed by atoms with Gasteiger partial charge in [-0.2, -0.15) is 5.10 Å². The fourth-order valence-electron chi connectivity index (χ4n) is 3.49. The van der Waals surface area contributed by atoms with Crippen molar-refractivity contribution in [3.8, 4) is 17.1 Å². The van der Waals surface area contributed by atoms with E-state index in [0.717, 1.165) is 43.1 Å². The van der Waals surface area contributed by atoms with Crippen molar-refractivity contribution in [3.05, 3.63) is 36.2 Å². The molecule has 1 unspecified atom stereocenters. The lowest BCUT2D eigenvalue weighted by Crippen LogP contribution is -2.38. The molecule has 148 valence electrons. The van der Waals surface area contributed by atoms with E-state index in [-0.39, 0.29) is 0 Å². The Kier molecular flexibility index (Phi) is 4.91. The quantitative estimate of drug-likeness (QED) is 0.622. The molecule has 1 aliphatic heterocycles. The number of methoxy groups -OCH3 is 1. The van der Waals surface area contributed by atoms with Crippen molar-refractivity contribution < 1.29 is 9.84 Å². The van der Waals surface area contributed by atoms with Gasteiger partial charge in [0.05, 0.1) is 19.0 Å². The minimum absolute atomic E-state index is 0.378. The molecule has 3 N–H and O–H groups in total. The summed E-state index contributed by atoms with van der Waals surface area (Å²) in [6, 6.07) is 8.03. The van der Waals surface area contributed by atoms with Gasteiger partial charge in [-0.15, -0.1) is 0 Å². The normalized spacial score (nSPS) is 17.6. The van der Waals surface area contributed by atoms with Crippen LogP contribution in [0.4, 0.5) is 5.82 Å². The van der Waals surface area contributed by atoms with Gasteiger partial charge in [-0.3, -0.25) is 0 Å². The van der Waals surface area contributed by atoms with E-state index in [4.69, 9.17) is 9.72 Å². The zero-order valence-electron chi connectivity index (χ0n) is 16.4. The summed E-state index contributed by atoms with van der Waals surface area (Å²) in [6.45, 7) is 5.38. The zero-order valence-corrected chi connectivity index (χ0v) is 16.4. The summed E-state index contributed by atoms with van der Waals surface area (Å²) < 4.78 is 7.09. The van der Waals surface area contributed by atoms with Crippen LogP contribution in [0.5, 0.6) is 5.75 Å². The van der Waals surface area contributed by atoms with Gasteiger partial charge >= 0.3 is 0 Å². The lowest BCUT2D eigenvalue weighted by Gasteiger charge is -2.24. The van der Waals surface area contributed by atoms with Gasteiger partial charge in [0.2, 0.25) is 0 Å². The van der Waals surface area contributed by atoms with Crippen LogP contribution < -0.4 is 15.4 Å². The number of aromatic nitrogens is 4. The highest BCUT2D eigenvalue weighted by Gasteiger charge is 2.25. The van der Waals surface area contributed by atoms with E-state index >= 15 is 0 Å². The number of nitrogens with one attached hydrogen (secondary N) is 2. The number of anilines is 1. The molecule has 8 nitrogen and oxygen atoms in total. The summed E-state index contributed by atoms with van der Waals surface area (Å²) >= 11 is 0. The maximum absolute atomic E-state index is 10.5. The Hall–Kier alpha value is -2.71. The van der Waals surface area contributed by atoms with E-state index in [1.807, 2.05) is 18.2 Å². The second-order valence-corrected chi connectivity index (χ2v) is 7.63. The molecule has 1 atom stereocenters. The van der Waals surface area contributed by atoms with Crippen molar-refractivity contribution in [2.45, 2.75) is 38.3 Å². The van der Waals surface area contributed by atoms with Gasteiger partial charge < -0.3 is 20.5 Å². The first kappa shape index (κ1) is 18.6. The Bertz CT molecular complexity index is 972. The van der Waals surface area contributed by atoms with Crippen LogP contribution in [-0.2, 0) is 5.60 Å². The highest BCUT2D eigenvalue weighted by atomic mass is 16.5. The highest BCUT2D eigenvalue weighted by molar-refractivity contribution is 5.62. The van der Waals surface area contributed by atoms with Crippen LogP contribution in [0.25, 0.3) is 17.0 Å². The number of rotatable bonds is 5. The molecule has 1 saturated heterocycles. The third-order valence-corrected chi connectivity index (χ3v) is 4.92. The maximum atomic E-state index is 10.5. The topological polar surface area (TPSA) is 96.6 Å². The number of piperidine rings is 1. The number of imidazole rings is 1. The van der Waals surface area contributed by atoms with Gasteiger partial charge in [0.25, 0.3) is 0 Å². The molecule has 3 aromatic rings. The van der Waals surface area contributed by atoms with E-state index in [9.17, 15) is 5.11 Å². The minimum Gasteiger partial charge on any atom is -0.495 e. The molecule has 0 radical (unpaired) electrons. The first-order valence-corrected chi connectivity index (χ1v) is 9.56. The van der Waals surface area contributed by atoms with E-state index in [1.165, 1.54) is 0 Å². The van der Waals surface area contributed by atoms with Crippen molar-refractivity contribution in [1.82, 2.24) is 24.9 Å². The molecule has 4 heterocycles. The van der Waals surface area contributed by atoms with Gasteiger partial charge in [0.1, 0.15) is 28.6 Å². The molecule has 0 saturated carbocycles. The zero-order chi connectivity index (χ0) is 19.7. The Labute approximate surface area is 164 Å². The van der Waals surface area contributed by atoms with Crippen molar-refractivity contribution in [3.63, 3.8) is 0 Å². The lowest BCUT2D eigenvalue weighted by molar-refractivity contribution is 0.0694. The number of hydrogen-bond donors (Lipinski definition) is 3. The molecule has 0 bridgehead atoms. The van der Waals surface area contributed by atoms with E-state index in [0.29, 0.717) is 23.1 Å². The standard InChI is InChI=1S/C20H26N6O2/c1-20(2,27)19-16(28-3)10-18-22-12-15(26(18)25-19)14-7-4-8-17(24-14)23-13-6-5-9-21-11-13/h4,7-8,10,12-13,21,27H,5-6,9,11H2,1-3H3,(H,23,24). The molecule has 1 fully saturated rings. The van der Waals surface area contributed by atoms with Gasteiger partial charge in [-0.05, 0) is 45.4 Å². The van der Waals surface area contributed by atoms with Crippen LogP contribution in [0.2, 0.25) is 0 Å². The van der Waals surface area contributed by atoms with Gasteiger partial charge in [0.15, 0.2) is 5.65 Å². The molecule has 8 heteroatoms. The fraction of sp³-hybridized carbons (Fsp3) is 0.450. The number of fused-ring (bicyclic) bond motifs is 1. The number of aliphatic hydroxyl groups is 1. The Morgan fingerprint density at radius 3 is 2.93 bits per heavy atom. The molecular weight excluding hydrogens is 356 g/mol. The fourth-order valence-corrected chi connectivity index (χ4v) is 3.49. The molecule has 4 rings (SSSR count). The van der Waals surface area contributed by atoms with Gasteiger partial charge in [-0.1, -0.05) is 6.07 Å². The van der Waals surface area contributed by atoms with Crippen LogP contribution in [0.15, 0.2) is 30.5 Å². The Morgan fingerprint density at radius 2 is 2.21 bits per heavy atom. The summed E-state index contributed by atoms with van der Waals surface area (Å²) in [5.41, 5.74) is 1.46. The molecule has 1 aliphatic rings. The average molecular weight is 382 g/mol. The van der Waals surface area contributed by atoms with E-state index in [1.54, 1.807) is 37.7 Å². The van der Waals surface area contributed by atoms with Crippen molar-refractivity contribution in [1.29, 1.82) is 0 Å². The SMILES string of the molecule is COc1cc2ncc(-c3cccc(NC4CCCNC4)n3)n2nc1C(C)(C)O. The van der Waals surface area contributed by atoms with Crippen LogP contribution >= 0.6 is 0 Å². The highest BCUT2D eigenvalue weighted by Crippen LogP contribution is 2.30. The van der Waals surface area contributed by atoms with Gasteiger partial charge in [-0.25, -0.2) is 14.5 Å². The summed E-state index contributed by atoms with van der Waals surface area (Å²) in [4.78, 5) is 9.20. The molecule has 0 aromatic carbocycles. The first-order chi connectivity index (χ1) is 13.5. The molecule has 0 amide bonds. The minimum atomic E-state index is -1.15. The molecule has 0 aliphatic carbocycles. The third kappa shape index (κ3) is 3.65. The number of hydrogen-bond acceptors (Lipinski definition) is 7. The van der Waals surface area contributed by atoms with Crippen molar-refractivity contribution >= 4 is 11.5 Å². The summed E-state index contributed by atoms with van der Waals surface area (Å²) in [7, 11) is 1.56. The molecular formula is C20H26N6O2. The van der Waals surface area contributed by atoms with Gasteiger partial charge in [0, 0.05) is 18.7 Å². The molecule has 28 heavy (non-hydrogen) atoms. The number of nitrogens with zero attached hydrogens (tertiary/aromatic N) is 4. The largest absolute Gasteiger partial charge is 0.495 e. The van der Waals surface area contributed by atoms with E-state index in [2.05, 4.69) is 20.7 Å².